The Labute approximate surface area is 308 Å². The first-order valence-corrected chi connectivity index (χ1v) is 17.8. The molecule has 6 aromatic carbocycles. The van der Waals surface area contributed by atoms with Gasteiger partial charge in [0.2, 0.25) is 0 Å². The summed E-state index contributed by atoms with van der Waals surface area (Å²) in [5, 5.41) is 2.26. The van der Waals surface area contributed by atoms with Crippen LogP contribution in [0.15, 0.2) is 177 Å². The van der Waals surface area contributed by atoms with Gasteiger partial charge in [-0.05, 0) is 129 Å². The standard InChI is InChI=1S/C48H46N2O2/c1-7-8-20-45-38(24-23-37(6)49(39-16-11-9-12-17-39)41-26-30-43(31-27-41)51-35(2)3)25-34-47-46(45)21-15-22-48(47)50(40-18-13-10-14-19-40)42-28-32-44(33-29-42)52-36(4)5/h7-36H,1,6H2,2-5H3/b20-8-,24-23-. The third kappa shape index (κ3) is 8.36. The molecule has 0 aliphatic heterocycles. The summed E-state index contributed by atoms with van der Waals surface area (Å²) >= 11 is 0. The molecule has 0 N–H and O–H groups in total. The Bertz CT molecular complexity index is 2170. The first kappa shape index (κ1) is 35.6. The number of allylic oxidation sites excluding steroid dienone is 3. The maximum absolute atomic E-state index is 5.96. The van der Waals surface area contributed by atoms with Crippen LogP contribution in [0.5, 0.6) is 11.5 Å². The maximum Gasteiger partial charge on any atom is 0.119 e. The Morgan fingerprint density at radius 2 is 1.10 bits per heavy atom. The van der Waals surface area contributed by atoms with Crippen LogP contribution in [0.1, 0.15) is 38.8 Å². The summed E-state index contributed by atoms with van der Waals surface area (Å²) in [6.45, 7) is 16.6. The van der Waals surface area contributed by atoms with Crippen molar-refractivity contribution in [3.05, 3.63) is 188 Å². The average Bonchev–Trinajstić information content (AvgIpc) is 3.15. The highest BCUT2D eigenvalue weighted by molar-refractivity contribution is 6.04. The molecule has 0 unspecified atom stereocenters. The van der Waals surface area contributed by atoms with Gasteiger partial charge in [-0.1, -0.05) is 98.1 Å². The number of benzene rings is 6. The molecule has 0 amide bonds. The van der Waals surface area contributed by atoms with Crippen molar-refractivity contribution >= 4 is 51.4 Å². The SMILES string of the molecule is C=C/C=C\c1c(/C=C\C(=C)N(c2ccccc2)c2ccc(OC(C)C)cc2)ccc2c(N(c3ccccc3)c3ccc(OC(C)C)cc3)cccc12. The first-order chi connectivity index (χ1) is 25.3. The second-order valence-electron chi connectivity index (χ2n) is 13.0. The smallest absolute Gasteiger partial charge is 0.119 e. The van der Waals surface area contributed by atoms with Gasteiger partial charge in [0.25, 0.3) is 0 Å². The molecule has 52 heavy (non-hydrogen) atoms. The molecule has 0 atom stereocenters. The summed E-state index contributed by atoms with van der Waals surface area (Å²) < 4.78 is 11.9. The minimum atomic E-state index is 0.106. The summed E-state index contributed by atoms with van der Waals surface area (Å²) in [6.07, 6.45) is 10.4. The van der Waals surface area contributed by atoms with Gasteiger partial charge >= 0.3 is 0 Å². The number of rotatable bonds is 14. The molecule has 0 aliphatic rings. The fourth-order valence-electron chi connectivity index (χ4n) is 6.29. The molecule has 0 saturated carbocycles. The van der Waals surface area contributed by atoms with E-state index in [4.69, 9.17) is 9.47 Å². The van der Waals surface area contributed by atoms with Gasteiger partial charge in [-0.15, -0.1) is 0 Å². The van der Waals surface area contributed by atoms with E-state index in [-0.39, 0.29) is 12.2 Å². The van der Waals surface area contributed by atoms with E-state index in [1.165, 1.54) is 0 Å². The van der Waals surface area contributed by atoms with Crippen molar-refractivity contribution in [3.8, 4) is 11.5 Å². The molecule has 0 fully saturated rings. The van der Waals surface area contributed by atoms with Crippen molar-refractivity contribution in [2.45, 2.75) is 39.9 Å². The third-order valence-corrected chi connectivity index (χ3v) is 8.46. The fourth-order valence-corrected chi connectivity index (χ4v) is 6.29. The Morgan fingerprint density at radius 3 is 1.67 bits per heavy atom. The van der Waals surface area contributed by atoms with Gasteiger partial charge in [0.1, 0.15) is 11.5 Å². The second kappa shape index (κ2) is 16.6. The third-order valence-electron chi connectivity index (χ3n) is 8.46. The molecule has 4 nitrogen and oxygen atoms in total. The second-order valence-corrected chi connectivity index (χ2v) is 13.0. The zero-order valence-corrected chi connectivity index (χ0v) is 30.4. The van der Waals surface area contributed by atoms with E-state index in [0.29, 0.717) is 0 Å². The molecule has 0 bridgehead atoms. The van der Waals surface area contributed by atoms with E-state index < -0.39 is 0 Å². The molecule has 0 spiro atoms. The molecule has 6 aromatic rings. The molecule has 260 valence electrons. The lowest BCUT2D eigenvalue weighted by molar-refractivity contribution is 0.242. The van der Waals surface area contributed by atoms with E-state index in [0.717, 1.165) is 67.5 Å². The van der Waals surface area contributed by atoms with Crippen LogP contribution in [0.3, 0.4) is 0 Å². The Morgan fingerprint density at radius 1 is 0.558 bits per heavy atom. The lowest BCUT2D eigenvalue weighted by Gasteiger charge is -2.27. The molecular weight excluding hydrogens is 637 g/mol. The minimum absolute atomic E-state index is 0.106. The lowest BCUT2D eigenvalue weighted by Crippen LogP contribution is -2.14. The summed E-state index contributed by atoms with van der Waals surface area (Å²) in [6, 6.07) is 48.2. The predicted octanol–water partition coefficient (Wildman–Crippen LogP) is 13.4. The number of fused-ring (bicyclic) bond motifs is 1. The van der Waals surface area contributed by atoms with Crippen LogP contribution in [0.2, 0.25) is 0 Å². The van der Waals surface area contributed by atoms with E-state index in [9.17, 15) is 0 Å². The fraction of sp³-hybridized carbons (Fsp3) is 0.125. The molecule has 0 aromatic heterocycles. The average molecular weight is 683 g/mol. The highest BCUT2D eigenvalue weighted by Crippen LogP contribution is 2.41. The first-order valence-electron chi connectivity index (χ1n) is 17.8. The van der Waals surface area contributed by atoms with E-state index in [1.54, 1.807) is 0 Å². The topological polar surface area (TPSA) is 24.9 Å². The number of nitrogens with zero attached hydrogens (tertiary/aromatic N) is 2. The number of hydrogen-bond donors (Lipinski definition) is 0. The molecule has 4 heteroatoms. The number of para-hydroxylation sites is 2. The van der Waals surface area contributed by atoms with Crippen LogP contribution < -0.4 is 19.3 Å². The summed E-state index contributed by atoms with van der Waals surface area (Å²) in [5.74, 6) is 1.69. The van der Waals surface area contributed by atoms with Crippen LogP contribution >= 0.6 is 0 Å². The van der Waals surface area contributed by atoms with Crippen molar-refractivity contribution in [3.63, 3.8) is 0 Å². The maximum atomic E-state index is 5.96. The Hall–Kier alpha value is -6.26. The molecule has 0 heterocycles. The minimum Gasteiger partial charge on any atom is -0.491 e. The lowest BCUT2D eigenvalue weighted by atomic mass is 9.96. The zero-order chi connectivity index (χ0) is 36.5. The molecule has 0 radical (unpaired) electrons. The highest BCUT2D eigenvalue weighted by Gasteiger charge is 2.18. The summed E-state index contributed by atoms with van der Waals surface area (Å²) in [5.41, 5.74) is 8.21. The molecular formula is C48H46N2O2. The van der Waals surface area contributed by atoms with E-state index in [2.05, 4.69) is 132 Å². The highest BCUT2D eigenvalue weighted by atomic mass is 16.5. The van der Waals surface area contributed by atoms with Crippen LogP contribution in [0, 0.1) is 0 Å². The van der Waals surface area contributed by atoms with Gasteiger partial charge < -0.3 is 19.3 Å². The van der Waals surface area contributed by atoms with Crippen molar-refractivity contribution in [2.24, 2.45) is 0 Å². The molecule has 6 rings (SSSR count). The zero-order valence-electron chi connectivity index (χ0n) is 30.4. The summed E-state index contributed by atoms with van der Waals surface area (Å²) in [7, 11) is 0. The van der Waals surface area contributed by atoms with E-state index >= 15 is 0 Å². The predicted molar refractivity (Wildman–Crippen MR) is 223 cm³/mol. The van der Waals surface area contributed by atoms with Crippen LogP contribution in [-0.2, 0) is 0 Å². The van der Waals surface area contributed by atoms with Crippen molar-refractivity contribution in [1.82, 2.24) is 0 Å². The van der Waals surface area contributed by atoms with Crippen molar-refractivity contribution in [1.29, 1.82) is 0 Å². The Balaban J connectivity index is 1.41. The van der Waals surface area contributed by atoms with Gasteiger partial charge in [-0.25, -0.2) is 0 Å². The van der Waals surface area contributed by atoms with Gasteiger partial charge in [-0.3, -0.25) is 0 Å². The van der Waals surface area contributed by atoms with Crippen LogP contribution in [0.25, 0.3) is 22.9 Å². The molecule has 0 saturated heterocycles. The van der Waals surface area contributed by atoms with Gasteiger partial charge in [0.05, 0.1) is 17.9 Å². The number of ether oxygens (including phenoxy) is 2. The van der Waals surface area contributed by atoms with Crippen molar-refractivity contribution < 1.29 is 9.47 Å². The number of hydrogen-bond acceptors (Lipinski definition) is 4. The van der Waals surface area contributed by atoms with E-state index in [1.807, 2.05) is 88.4 Å². The largest absolute Gasteiger partial charge is 0.491 e. The van der Waals surface area contributed by atoms with Gasteiger partial charge in [-0.2, -0.15) is 0 Å². The molecule has 0 aliphatic carbocycles. The van der Waals surface area contributed by atoms with Crippen LogP contribution in [-0.4, -0.2) is 12.2 Å². The Kier molecular flexibility index (Phi) is 11.4. The van der Waals surface area contributed by atoms with Crippen molar-refractivity contribution in [2.75, 3.05) is 9.80 Å². The summed E-state index contributed by atoms with van der Waals surface area (Å²) in [4.78, 5) is 4.46. The number of anilines is 5. The monoisotopic (exact) mass is 682 g/mol. The normalized spacial score (nSPS) is 11.4. The van der Waals surface area contributed by atoms with Gasteiger partial charge in [0, 0.05) is 33.8 Å². The van der Waals surface area contributed by atoms with Crippen LogP contribution in [0.4, 0.5) is 28.4 Å². The van der Waals surface area contributed by atoms with Gasteiger partial charge in [0.15, 0.2) is 0 Å². The quantitative estimate of drug-likeness (QED) is 0.107.